The Labute approximate surface area is 107 Å². The number of hydrogen-bond donors (Lipinski definition) is 2. The van der Waals surface area contributed by atoms with E-state index < -0.39 is 11.6 Å². The number of hydrogen-bond acceptors (Lipinski definition) is 3. The molecule has 92 valence electrons. The van der Waals surface area contributed by atoms with E-state index >= 15 is 0 Å². The molecule has 0 aliphatic carbocycles. The number of rotatable bonds is 3. The molecule has 3 nitrogen and oxygen atoms in total. The highest BCUT2D eigenvalue weighted by Crippen LogP contribution is 2.28. The average molecular weight is 265 g/mol. The van der Waals surface area contributed by atoms with Crippen molar-refractivity contribution in [1.82, 2.24) is 4.98 Å². The van der Waals surface area contributed by atoms with Crippen molar-refractivity contribution < 1.29 is 8.78 Å². The van der Waals surface area contributed by atoms with Crippen LogP contribution in [0.3, 0.4) is 0 Å². The van der Waals surface area contributed by atoms with Gasteiger partial charge in [0.25, 0.3) is 0 Å². The summed E-state index contributed by atoms with van der Waals surface area (Å²) < 4.78 is 25.8. The third-order valence-electron chi connectivity index (χ3n) is 2.13. The van der Waals surface area contributed by atoms with Gasteiger partial charge in [0.05, 0.1) is 0 Å². The number of nitrogen functional groups attached to an aromatic ring is 1. The molecular weight excluding hydrogens is 256 g/mol. The van der Waals surface area contributed by atoms with Crippen LogP contribution >= 0.6 is 11.8 Å². The smallest absolute Gasteiger partial charge is 0.159 e. The molecule has 0 unspecified atom stereocenters. The lowest BCUT2D eigenvalue weighted by Gasteiger charge is -2.04. The van der Waals surface area contributed by atoms with Gasteiger partial charge in [-0.25, -0.2) is 8.78 Å². The zero-order valence-electron chi connectivity index (χ0n) is 9.15. The Balaban J connectivity index is 2.25. The molecule has 0 amide bonds. The first-order valence-corrected chi connectivity index (χ1v) is 5.81. The number of nitrogens with zero attached hydrogens (tertiary/aromatic N) is 1. The van der Waals surface area contributed by atoms with Gasteiger partial charge >= 0.3 is 0 Å². The zero-order valence-corrected chi connectivity index (χ0v) is 9.97. The van der Waals surface area contributed by atoms with Crippen molar-refractivity contribution in [3.63, 3.8) is 0 Å². The summed E-state index contributed by atoms with van der Waals surface area (Å²) in [6, 6.07) is 7.00. The fourth-order valence-corrected chi connectivity index (χ4v) is 2.17. The Hall–Kier alpha value is -1.95. The summed E-state index contributed by atoms with van der Waals surface area (Å²) in [4.78, 5) is 5.23. The van der Waals surface area contributed by atoms with Crippen molar-refractivity contribution in [2.75, 3.05) is 0 Å². The van der Waals surface area contributed by atoms with Crippen molar-refractivity contribution in [2.45, 2.75) is 9.79 Å². The minimum Gasteiger partial charge on any atom is -0.382 e. The monoisotopic (exact) mass is 265 g/mol. The molecule has 18 heavy (non-hydrogen) atoms. The number of amidine groups is 1. The van der Waals surface area contributed by atoms with Gasteiger partial charge in [-0.2, -0.15) is 0 Å². The number of nitrogens with one attached hydrogen (secondary N) is 1. The Kier molecular flexibility index (Phi) is 3.57. The van der Waals surface area contributed by atoms with Crippen LogP contribution in [0.2, 0.25) is 0 Å². The molecule has 0 saturated carbocycles. The van der Waals surface area contributed by atoms with E-state index in [1.807, 2.05) is 0 Å². The molecule has 6 heteroatoms. The van der Waals surface area contributed by atoms with Crippen LogP contribution in [-0.2, 0) is 0 Å². The number of benzene rings is 1. The molecule has 0 radical (unpaired) electrons. The predicted molar refractivity (Wildman–Crippen MR) is 65.7 cm³/mol. The van der Waals surface area contributed by atoms with Crippen LogP contribution < -0.4 is 5.73 Å². The average Bonchev–Trinajstić information content (AvgIpc) is 2.34. The first kappa shape index (κ1) is 12.5. The van der Waals surface area contributed by atoms with Crippen molar-refractivity contribution in [3.05, 3.63) is 53.9 Å². The van der Waals surface area contributed by atoms with E-state index in [0.717, 1.165) is 17.0 Å². The van der Waals surface area contributed by atoms with Gasteiger partial charge in [-0.15, -0.1) is 0 Å². The van der Waals surface area contributed by atoms with Gasteiger partial charge in [0.1, 0.15) is 11.5 Å². The van der Waals surface area contributed by atoms with Crippen LogP contribution in [0.25, 0.3) is 0 Å². The van der Waals surface area contributed by atoms with Crippen LogP contribution in [0.4, 0.5) is 8.78 Å². The minimum absolute atomic E-state index is 0.136. The fourth-order valence-electron chi connectivity index (χ4n) is 1.30. The minimum atomic E-state index is -0.888. The molecule has 2 aromatic rings. The number of aromatic nitrogens is 1. The van der Waals surface area contributed by atoms with Gasteiger partial charge in [-0.1, -0.05) is 11.8 Å². The van der Waals surface area contributed by atoms with E-state index in [1.54, 1.807) is 12.1 Å². The normalized spacial score (nSPS) is 10.3. The van der Waals surface area contributed by atoms with Crippen LogP contribution in [0, 0.1) is 17.0 Å². The van der Waals surface area contributed by atoms with E-state index in [4.69, 9.17) is 11.1 Å². The topological polar surface area (TPSA) is 62.8 Å². The van der Waals surface area contributed by atoms with E-state index in [9.17, 15) is 8.78 Å². The van der Waals surface area contributed by atoms with Crippen LogP contribution in [0.5, 0.6) is 0 Å². The van der Waals surface area contributed by atoms with E-state index in [-0.39, 0.29) is 5.84 Å². The summed E-state index contributed by atoms with van der Waals surface area (Å²) in [6.07, 6.45) is 1.51. The Morgan fingerprint density at radius 2 is 1.83 bits per heavy atom. The third-order valence-corrected chi connectivity index (χ3v) is 3.11. The van der Waals surface area contributed by atoms with E-state index in [1.165, 1.54) is 24.0 Å². The second-order valence-electron chi connectivity index (χ2n) is 3.47. The van der Waals surface area contributed by atoms with Gasteiger partial charge < -0.3 is 5.73 Å². The molecule has 1 heterocycles. The number of pyridine rings is 1. The fraction of sp³-hybridized carbons (Fsp3) is 0. The summed E-state index contributed by atoms with van der Waals surface area (Å²) in [6.45, 7) is 0. The van der Waals surface area contributed by atoms with Gasteiger partial charge in [0.2, 0.25) is 0 Å². The lowest BCUT2D eigenvalue weighted by atomic mass is 10.3. The Bertz CT molecular complexity index is 602. The Morgan fingerprint density at radius 1 is 1.11 bits per heavy atom. The summed E-state index contributed by atoms with van der Waals surface area (Å²) in [5.41, 5.74) is 5.67. The second kappa shape index (κ2) is 5.14. The Morgan fingerprint density at radius 3 is 2.50 bits per heavy atom. The maximum absolute atomic E-state index is 13.0. The molecule has 0 bridgehead atoms. The standard InChI is InChI=1S/C12H9F2N3S/c13-9-2-1-7(5-10(9)14)18-8-3-4-17-11(6-8)12(15)16/h1-6H,(H3,15,16). The first-order chi connectivity index (χ1) is 8.56. The summed E-state index contributed by atoms with van der Waals surface area (Å²) >= 11 is 1.24. The van der Waals surface area contributed by atoms with Crippen molar-refractivity contribution >= 4 is 17.6 Å². The molecule has 3 N–H and O–H groups in total. The molecule has 0 aliphatic rings. The summed E-state index contributed by atoms with van der Waals surface area (Å²) in [5, 5.41) is 7.27. The number of nitrogens with two attached hydrogens (primary N) is 1. The highest BCUT2D eigenvalue weighted by atomic mass is 32.2. The van der Waals surface area contributed by atoms with Crippen molar-refractivity contribution in [3.8, 4) is 0 Å². The molecule has 0 aliphatic heterocycles. The lowest BCUT2D eigenvalue weighted by molar-refractivity contribution is 0.506. The lowest BCUT2D eigenvalue weighted by Crippen LogP contribution is -2.12. The quantitative estimate of drug-likeness (QED) is 0.662. The maximum Gasteiger partial charge on any atom is 0.159 e. The largest absolute Gasteiger partial charge is 0.382 e. The van der Waals surface area contributed by atoms with Crippen LogP contribution in [-0.4, -0.2) is 10.8 Å². The molecule has 0 spiro atoms. The van der Waals surface area contributed by atoms with Crippen molar-refractivity contribution in [1.29, 1.82) is 5.41 Å². The predicted octanol–water partition coefficient (Wildman–Crippen LogP) is 2.80. The highest BCUT2D eigenvalue weighted by Gasteiger charge is 2.05. The van der Waals surface area contributed by atoms with Gasteiger partial charge in [-0.3, -0.25) is 10.4 Å². The van der Waals surface area contributed by atoms with Crippen molar-refractivity contribution in [2.24, 2.45) is 5.73 Å². The SMILES string of the molecule is N=C(N)c1cc(Sc2ccc(F)c(F)c2)ccn1. The highest BCUT2D eigenvalue weighted by molar-refractivity contribution is 7.99. The molecule has 0 fully saturated rings. The second-order valence-corrected chi connectivity index (χ2v) is 4.62. The van der Waals surface area contributed by atoms with Gasteiger partial charge in [-0.05, 0) is 30.3 Å². The summed E-state index contributed by atoms with van der Waals surface area (Å²) in [7, 11) is 0. The molecule has 0 saturated heterocycles. The molecule has 1 aromatic carbocycles. The van der Waals surface area contributed by atoms with E-state index in [0.29, 0.717) is 10.6 Å². The van der Waals surface area contributed by atoms with E-state index in [2.05, 4.69) is 4.98 Å². The molecule has 1 aromatic heterocycles. The van der Waals surface area contributed by atoms with Gasteiger partial charge in [0.15, 0.2) is 11.6 Å². The molecular formula is C12H9F2N3S. The zero-order chi connectivity index (χ0) is 13.1. The van der Waals surface area contributed by atoms with Crippen LogP contribution in [0.1, 0.15) is 5.69 Å². The maximum atomic E-state index is 13.0. The number of halogens is 2. The molecule has 2 rings (SSSR count). The van der Waals surface area contributed by atoms with Crippen LogP contribution in [0.15, 0.2) is 46.3 Å². The molecule has 0 atom stereocenters. The summed E-state index contributed by atoms with van der Waals surface area (Å²) in [5.74, 6) is -1.90. The third kappa shape index (κ3) is 2.84. The first-order valence-electron chi connectivity index (χ1n) is 4.99. The van der Waals surface area contributed by atoms with Gasteiger partial charge in [0, 0.05) is 16.0 Å².